The number of nitro benzene ring substituents is 1. The summed E-state index contributed by atoms with van der Waals surface area (Å²) in [5.74, 6) is -1.43. The van der Waals surface area contributed by atoms with Crippen LogP contribution in [0.2, 0.25) is 5.02 Å². The lowest BCUT2D eigenvalue weighted by atomic mass is 10.0. The van der Waals surface area contributed by atoms with Gasteiger partial charge in [0.25, 0.3) is 17.2 Å². The Kier molecular flexibility index (Phi) is 6.24. The van der Waals surface area contributed by atoms with Gasteiger partial charge in [-0.2, -0.15) is 0 Å². The molecule has 1 atom stereocenters. The van der Waals surface area contributed by atoms with Crippen molar-refractivity contribution in [2.45, 2.75) is 19.4 Å². The number of nitro groups is 1. The first-order chi connectivity index (χ1) is 12.3. The van der Waals surface area contributed by atoms with Crippen LogP contribution in [0.5, 0.6) is 0 Å². The van der Waals surface area contributed by atoms with Gasteiger partial charge in [0, 0.05) is 36.5 Å². The van der Waals surface area contributed by atoms with Crippen molar-refractivity contribution in [3.05, 3.63) is 73.6 Å². The van der Waals surface area contributed by atoms with Crippen molar-refractivity contribution in [1.29, 1.82) is 0 Å². The van der Waals surface area contributed by atoms with Crippen LogP contribution >= 0.6 is 11.6 Å². The molecule has 0 aliphatic carbocycles. The molecule has 1 N–H and O–H groups in total. The van der Waals surface area contributed by atoms with Crippen molar-refractivity contribution >= 4 is 29.0 Å². The van der Waals surface area contributed by atoms with Crippen molar-refractivity contribution in [1.82, 2.24) is 9.88 Å². The van der Waals surface area contributed by atoms with Gasteiger partial charge < -0.3 is 5.32 Å². The van der Waals surface area contributed by atoms with Crippen LogP contribution in [0.15, 0.2) is 47.4 Å². The van der Waals surface area contributed by atoms with Crippen molar-refractivity contribution in [2.24, 2.45) is 0 Å². The molecule has 0 spiro atoms. The zero-order valence-electron chi connectivity index (χ0n) is 13.8. The summed E-state index contributed by atoms with van der Waals surface area (Å²) in [4.78, 5) is 47.9. The van der Waals surface area contributed by atoms with Crippen LogP contribution in [-0.2, 0) is 4.79 Å². The third-order valence-electron chi connectivity index (χ3n) is 3.57. The number of amides is 1. The Bertz CT molecular complexity index is 909. The van der Waals surface area contributed by atoms with E-state index < -0.39 is 28.2 Å². The molecular weight excluding hydrogens is 362 g/mol. The molecule has 0 fully saturated rings. The van der Waals surface area contributed by atoms with E-state index in [1.54, 1.807) is 0 Å². The lowest BCUT2D eigenvalue weighted by molar-refractivity contribution is -0.384. The highest BCUT2D eigenvalue weighted by Crippen LogP contribution is 2.20. The van der Waals surface area contributed by atoms with Crippen molar-refractivity contribution in [3.8, 4) is 0 Å². The Morgan fingerprint density at radius 2 is 2.04 bits per heavy atom. The predicted molar refractivity (Wildman–Crippen MR) is 95.5 cm³/mol. The van der Waals surface area contributed by atoms with E-state index in [0.717, 1.165) is 16.7 Å². The van der Waals surface area contributed by atoms with Gasteiger partial charge in [-0.1, -0.05) is 30.7 Å². The molecule has 26 heavy (non-hydrogen) atoms. The molecule has 2 rings (SSSR count). The number of non-ortho nitro benzene ring substituents is 1. The number of halogens is 1. The molecule has 1 amide bonds. The largest absolute Gasteiger partial charge is 0.354 e. The van der Waals surface area contributed by atoms with E-state index in [1.807, 2.05) is 6.92 Å². The van der Waals surface area contributed by atoms with Crippen LogP contribution in [-0.4, -0.2) is 27.7 Å². The zero-order valence-corrected chi connectivity index (χ0v) is 14.6. The van der Waals surface area contributed by atoms with Gasteiger partial charge in [-0.15, -0.1) is 0 Å². The fraction of sp³-hybridized carbons (Fsp3) is 0.235. The summed E-state index contributed by atoms with van der Waals surface area (Å²) in [5.41, 5.74) is -0.936. The van der Waals surface area contributed by atoms with E-state index in [-0.39, 0.29) is 16.3 Å². The first-order valence-corrected chi connectivity index (χ1v) is 8.17. The second-order valence-corrected chi connectivity index (χ2v) is 5.89. The van der Waals surface area contributed by atoms with E-state index in [9.17, 15) is 24.5 Å². The second kappa shape index (κ2) is 8.39. The molecule has 1 aromatic heterocycles. The molecule has 136 valence electrons. The zero-order chi connectivity index (χ0) is 19.3. The van der Waals surface area contributed by atoms with Gasteiger partial charge in [0.2, 0.25) is 0 Å². The van der Waals surface area contributed by atoms with Crippen molar-refractivity contribution in [2.75, 3.05) is 6.54 Å². The summed E-state index contributed by atoms with van der Waals surface area (Å²) >= 11 is 5.90. The summed E-state index contributed by atoms with van der Waals surface area (Å²) in [5, 5.41) is 13.7. The normalized spacial score (nSPS) is 11.6. The fourth-order valence-corrected chi connectivity index (χ4v) is 2.49. The van der Waals surface area contributed by atoms with Gasteiger partial charge in [0.15, 0.2) is 11.8 Å². The molecule has 2 aromatic rings. The summed E-state index contributed by atoms with van der Waals surface area (Å²) in [7, 11) is 0. The maximum Gasteiger partial charge on any atom is 0.270 e. The van der Waals surface area contributed by atoms with Crippen LogP contribution in [0.25, 0.3) is 0 Å². The molecule has 0 bridgehead atoms. The lowest BCUT2D eigenvalue weighted by Crippen LogP contribution is -2.41. The van der Waals surface area contributed by atoms with E-state index in [1.165, 1.54) is 30.5 Å². The summed E-state index contributed by atoms with van der Waals surface area (Å²) in [6, 6.07) is 5.96. The van der Waals surface area contributed by atoms with Crippen LogP contribution in [0.1, 0.15) is 29.7 Å². The van der Waals surface area contributed by atoms with Gasteiger partial charge in [0.05, 0.1) is 9.95 Å². The van der Waals surface area contributed by atoms with E-state index in [0.29, 0.717) is 13.0 Å². The monoisotopic (exact) mass is 377 g/mol. The standard InChI is InChI=1S/C17H16ClN3O5/c1-2-8-19-17(24)15(20-10-12(18)6-7-14(20)22)16(23)11-4-3-5-13(9-11)21(25)26/h3-7,9-10,15H,2,8H2,1H3,(H,19,24)/t15-/m1/s1. The number of hydrogen-bond donors (Lipinski definition) is 1. The lowest BCUT2D eigenvalue weighted by Gasteiger charge is -2.18. The molecule has 0 aliphatic rings. The highest BCUT2D eigenvalue weighted by molar-refractivity contribution is 6.30. The minimum Gasteiger partial charge on any atom is -0.354 e. The highest BCUT2D eigenvalue weighted by atomic mass is 35.5. The number of pyridine rings is 1. The highest BCUT2D eigenvalue weighted by Gasteiger charge is 2.30. The third kappa shape index (κ3) is 4.34. The molecule has 1 aromatic carbocycles. The molecule has 0 saturated carbocycles. The number of carbonyl (C=O) groups is 2. The summed E-state index contributed by atoms with van der Waals surface area (Å²) in [6.45, 7) is 2.15. The number of ketones is 1. The Labute approximate surface area is 153 Å². The summed E-state index contributed by atoms with van der Waals surface area (Å²) < 4.78 is 0.925. The number of benzene rings is 1. The van der Waals surface area contributed by atoms with E-state index in [4.69, 9.17) is 11.6 Å². The third-order valence-corrected chi connectivity index (χ3v) is 3.79. The first kappa shape index (κ1) is 19.3. The average molecular weight is 378 g/mol. The van der Waals surface area contributed by atoms with Gasteiger partial charge in [0.1, 0.15) is 0 Å². The molecule has 8 nitrogen and oxygen atoms in total. The molecule has 0 aliphatic heterocycles. The Morgan fingerprint density at radius 1 is 1.31 bits per heavy atom. The van der Waals surface area contributed by atoms with Gasteiger partial charge >= 0.3 is 0 Å². The molecule has 9 heteroatoms. The van der Waals surface area contributed by atoms with Crippen molar-refractivity contribution in [3.63, 3.8) is 0 Å². The number of hydrogen-bond acceptors (Lipinski definition) is 5. The number of Topliss-reactive ketones (excluding diaryl/α,β-unsaturated/α-hetero) is 1. The quantitative estimate of drug-likeness (QED) is 0.344. The maximum atomic E-state index is 12.9. The number of rotatable bonds is 7. The van der Waals surface area contributed by atoms with Crippen LogP contribution in [0, 0.1) is 10.1 Å². The molecule has 0 radical (unpaired) electrons. The van der Waals surface area contributed by atoms with Crippen LogP contribution in [0.4, 0.5) is 5.69 Å². The van der Waals surface area contributed by atoms with E-state index >= 15 is 0 Å². The second-order valence-electron chi connectivity index (χ2n) is 5.46. The molecule has 0 unspecified atom stereocenters. The first-order valence-electron chi connectivity index (χ1n) is 7.79. The number of nitrogens with one attached hydrogen (secondary N) is 1. The average Bonchev–Trinajstić information content (AvgIpc) is 2.63. The van der Waals surface area contributed by atoms with E-state index in [2.05, 4.69) is 5.32 Å². The smallest absolute Gasteiger partial charge is 0.270 e. The topological polar surface area (TPSA) is 111 Å². The Morgan fingerprint density at radius 3 is 2.69 bits per heavy atom. The number of nitrogens with zero attached hydrogens (tertiary/aromatic N) is 2. The Hall–Kier alpha value is -3.00. The fourth-order valence-electron chi connectivity index (χ4n) is 2.33. The molecule has 1 heterocycles. The summed E-state index contributed by atoms with van der Waals surface area (Å²) in [6.07, 6.45) is 1.82. The minimum atomic E-state index is -1.52. The van der Waals surface area contributed by atoms with Crippen LogP contribution in [0.3, 0.4) is 0 Å². The predicted octanol–water partition coefficient (Wildman–Crippen LogP) is 2.36. The number of carbonyl (C=O) groups excluding carboxylic acids is 2. The number of aromatic nitrogens is 1. The molecule has 0 saturated heterocycles. The SMILES string of the molecule is CCCNC(=O)[C@@H](C(=O)c1cccc([N+](=O)[O-])c1)n1cc(Cl)ccc1=O. The van der Waals surface area contributed by atoms with Gasteiger partial charge in [-0.25, -0.2) is 0 Å². The van der Waals surface area contributed by atoms with Crippen molar-refractivity contribution < 1.29 is 14.5 Å². The van der Waals surface area contributed by atoms with Gasteiger partial charge in [-0.3, -0.25) is 29.1 Å². The minimum absolute atomic E-state index is 0.0530. The molecular formula is C17H16ClN3O5. The van der Waals surface area contributed by atoms with Crippen LogP contribution < -0.4 is 10.9 Å². The van der Waals surface area contributed by atoms with Gasteiger partial charge in [-0.05, 0) is 12.5 Å². The maximum absolute atomic E-state index is 12.9. The Balaban J connectivity index is 2.53.